The summed E-state index contributed by atoms with van der Waals surface area (Å²) in [6.07, 6.45) is -0.198. The van der Waals surface area contributed by atoms with Gasteiger partial charge in [-0.25, -0.2) is 4.79 Å². The van der Waals surface area contributed by atoms with Crippen molar-refractivity contribution in [2.45, 2.75) is 46.1 Å². The minimum atomic E-state index is -0.907. The van der Waals surface area contributed by atoms with Gasteiger partial charge in [0.15, 0.2) is 0 Å². The molecule has 0 saturated carbocycles. The third-order valence-corrected chi connectivity index (χ3v) is 7.20. The van der Waals surface area contributed by atoms with Crippen LogP contribution in [0.1, 0.15) is 51.2 Å². The average Bonchev–Trinajstić information content (AvgIpc) is 3.30. The maximum atomic E-state index is 13.3. The first-order valence-corrected chi connectivity index (χ1v) is 12.2. The molecule has 2 N–H and O–H groups in total. The van der Waals surface area contributed by atoms with Crippen molar-refractivity contribution in [3.8, 4) is 11.1 Å². The Labute approximate surface area is 206 Å². The molecule has 1 aliphatic heterocycles. The molecule has 0 radical (unpaired) electrons. The van der Waals surface area contributed by atoms with Gasteiger partial charge < -0.3 is 20.1 Å². The minimum absolute atomic E-state index is 0.0666. The second kappa shape index (κ2) is 9.72. The number of carboxylic acids is 1. The number of carboxylic acid groups (broad SMARTS) is 1. The fraction of sp³-hybridized carbons (Fsp3) is 0.464. The molecule has 186 valence electrons. The Hall–Kier alpha value is -3.35. The van der Waals surface area contributed by atoms with E-state index >= 15 is 0 Å². The van der Waals surface area contributed by atoms with Gasteiger partial charge >= 0.3 is 12.1 Å². The van der Waals surface area contributed by atoms with E-state index in [4.69, 9.17) is 4.74 Å². The summed E-state index contributed by atoms with van der Waals surface area (Å²) in [7, 11) is 0. The smallest absolute Gasteiger partial charge is 0.407 e. The molecular formula is C28H34N2O5. The summed E-state index contributed by atoms with van der Waals surface area (Å²) in [6.45, 7) is 8.32. The van der Waals surface area contributed by atoms with Crippen molar-refractivity contribution in [1.82, 2.24) is 10.2 Å². The molecule has 35 heavy (non-hydrogen) atoms. The maximum Gasteiger partial charge on any atom is 0.407 e. The monoisotopic (exact) mass is 478 g/mol. The molecule has 7 heteroatoms. The van der Waals surface area contributed by atoms with E-state index in [9.17, 15) is 19.5 Å². The second-order valence-electron chi connectivity index (χ2n) is 10.8. The van der Waals surface area contributed by atoms with Crippen LogP contribution < -0.4 is 5.32 Å². The largest absolute Gasteiger partial charge is 0.481 e. The third-order valence-electron chi connectivity index (χ3n) is 7.20. The molecule has 2 atom stereocenters. The second-order valence-corrected chi connectivity index (χ2v) is 10.8. The summed E-state index contributed by atoms with van der Waals surface area (Å²) in [5.74, 6) is -1.72. The number of nitrogens with one attached hydrogen (secondary N) is 1. The number of rotatable bonds is 7. The molecular weight excluding hydrogens is 444 g/mol. The molecule has 0 spiro atoms. The number of nitrogens with zero attached hydrogens (tertiary/aromatic N) is 1. The fourth-order valence-electron chi connectivity index (χ4n) is 5.41. The van der Waals surface area contributed by atoms with Gasteiger partial charge in [-0.3, -0.25) is 9.59 Å². The average molecular weight is 479 g/mol. The molecule has 2 amide bonds. The number of hydrogen-bond acceptors (Lipinski definition) is 4. The van der Waals surface area contributed by atoms with E-state index < -0.39 is 29.4 Å². The molecule has 4 rings (SSSR count). The minimum Gasteiger partial charge on any atom is -0.481 e. The van der Waals surface area contributed by atoms with Gasteiger partial charge in [-0.05, 0) is 40.0 Å². The van der Waals surface area contributed by atoms with Crippen LogP contribution in [-0.4, -0.2) is 53.7 Å². The molecule has 2 aromatic rings. The van der Waals surface area contributed by atoms with Crippen molar-refractivity contribution >= 4 is 18.0 Å². The summed E-state index contributed by atoms with van der Waals surface area (Å²) in [5.41, 5.74) is 4.00. The quantitative estimate of drug-likeness (QED) is 0.611. The van der Waals surface area contributed by atoms with Crippen molar-refractivity contribution in [3.63, 3.8) is 0 Å². The summed E-state index contributed by atoms with van der Waals surface area (Å²) in [4.78, 5) is 39.4. The summed E-state index contributed by atoms with van der Waals surface area (Å²) in [5, 5.41) is 12.3. The first kappa shape index (κ1) is 24.8. The Morgan fingerprint density at radius 3 is 2.14 bits per heavy atom. The van der Waals surface area contributed by atoms with Crippen LogP contribution in [0.4, 0.5) is 4.79 Å². The van der Waals surface area contributed by atoms with Crippen LogP contribution >= 0.6 is 0 Å². The highest BCUT2D eigenvalue weighted by Gasteiger charge is 2.46. The highest BCUT2D eigenvalue weighted by atomic mass is 16.5. The lowest BCUT2D eigenvalue weighted by molar-refractivity contribution is -0.144. The van der Waals surface area contributed by atoms with Crippen molar-refractivity contribution < 1.29 is 24.2 Å². The first-order valence-electron chi connectivity index (χ1n) is 12.2. The molecule has 0 aromatic heterocycles. The first-order chi connectivity index (χ1) is 16.6. The molecule has 1 heterocycles. The van der Waals surface area contributed by atoms with Crippen molar-refractivity contribution in [3.05, 3.63) is 59.7 Å². The van der Waals surface area contributed by atoms with Gasteiger partial charge in [-0.15, -0.1) is 0 Å². The molecule has 1 fully saturated rings. The molecule has 1 aliphatic carbocycles. The molecule has 2 aliphatic rings. The third kappa shape index (κ3) is 5.04. The van der Waals surface area contributed by atoms with E-state index in [1.54, 1.807) is 4.90 Å². The Balaban J connectivity index is 1.44. The molecule has 2 aromatic carbocycles. The van der Waals surface area contributed by atoms with Gasteiger partial charge in [0.05, 0.1) is 5.92 Å². The number of alkyl carbamates (subject to hydrolysis) is 1. The van der Waals surface area contributed by atoms with Crippen LogP contribution in [0.2, 0.25) is 0 Å². The van der Waals surface area contributed by atoms with Crippen LogP contribution in [0.15, 0.2) is 48.5 Å². The number of likely N-dealkylation sites (tertiary alicyclic amines) is 1. The molecule has 0 bridgehead atoms. The molecule has 2 unspecified atom stereocenters. The highest BCUT2D eigenvalue weighted by Crippen LogP contribution is 2.44. The van der Waals surface area contributed by atoms with Gasteiger partial charge in [-0.1, -0.05) is 76.2 Å². The van der Waals surface area contributed by atoms with Crippen LogP contribution in [-0.2, 0) is 14.3 Å². The van der Waals surface area contributed by atoms with Gasteiger partial charge in [0.2, 0.25) is 5.91 Å². The number of benzene rings is 2. The highest BCUT2D eigenvalue weighted by molar-refractivity contribution is 5.87. The van der Waals surface area contributed by atoms with Crippen LogP contribution in [0.3, 0.4) is 0 Å². The summed E-state index contributed by atoms with van der Waals surface area (Å²) in [6, 6.07) is 15.5. The van der Waals surface area contributed by atoms with Gasteiger partial charge in [-0.2, -0.15) is 0 Å². The number of hydrogen-bond donors (Lipinski definition) is 2. The zero-order chi connectivity index (χ0) is 25.3. The van der Waals surface area contributed by atoms with E-state index in [0.717, 1.165) is 22.3 Å². The number of carbonyl (C=O) groups is 3. The van der Waals surface area contributed by atoms with E-state index in [1.807, 2.05) is 52.0 Å². The maximum absolute atomic E-state index is 13.3. The van der Waals surface area contributed by atoms with Crippen molar-refractivity contribution in [2.24, 2.45) is 17.3 Å². The lowest BCUT2D eigenvalue weighted by Crippen LogP contribution is -2.49. The van der Waals surface area contributed by atoms with Crippen molar-refractivity contribution in [1.29, 1.82) is 0 Å². The van der Waals surface area contributed by atoms with Crippen LogP contribution in [0.5, 0.6) is 0 Å². The lowest BCUT2D eigenvalue weighted by Gasteiger charge is -2.26. The van der Waals surface area contributed by atoms with Crippen molar-refractivity contribution in [2.75, 3.05) is 19.7 Å². The van der Waals surface area contributed by atoms with E-state index in [2.05, 4.69) is 29.6 Å². The van der Waals surface area contributed by atoms with Crippen LogP contribution in [0, 0.1) is 17.3 Å². The Kier molecular flexibility index (Phi) is 6.88. The Bertz CT molecular complexity index is 1080. The SMILES string of the molecule is CC(C)CC(NC(=O)OCC1c2ccccc2-c2ccccc21)C(=O)N1CC(C(=O)O)C(C)(C)C1. The normalized spacial score (nSPS) is 19.2. The van der Waals surface area contributed by atoms with Gasteiger partial charge in [0.25, 0.3) is 0 Å². The molecule has 7 nitrogen and oxygen atoms in total. The van der Waals surface area contributed by atoms with Gasteiger partial charge in [0.1, 0.15) is 12.6 Å². The topological polar surface area (TPSA) is 95.9 Å². The Morgan fingerprint density at radius 2 is 1.63 bits per heavy atom. The number of ether oxygens (including phenoxy) is 1. The summed E-state index contributed by atoms with van der Waals surface area (Å²) < 4.78 is 5.65. The summed E-state index contributed by atoms with van der Waals surface area (Å²) >= 11 is 0. The number of amides is 2. The van der Waals surface area contributed by atoms with Gasteiger partial charge in [0, 0.05) is 19.0 Å². The number of aliphatic carboxylic acids is 1. The predicted molar refractivity (Wildman–Crippen MR) is 133 cm³/mol. The van der Waals surface area contributed by atoms with Crippen LogP contribution in [0.25, 0.3) is 11.1 Å². The zero-order valence-electron chi connectivity index (χ0n) is 20.8. The fourth-order valence-corrected chi connectivity index (χ4v) is 5.41. The standard InChI is InChI=1S/C28H34N2O5/c1-17(2)13-24(25(31)30-14-23(26(32)33)28(3,4)16-30)29-27(34)35-15-22-20-11-7-5-9-18(20)19-10-6-8-12-21(19)22/h5-12,17,22-24H,13-16H2,1-4H3,(H,29,34)(H,32,33). The number of carbonyl (C=O) groups excluding carboxylic acids is 2. The lowest BCUT2D eigenvalue weighted by atomic mass is 9.82. The van der Waals surface area contributed by atoms with E-state index in [0.29, 0.717) is 13.0 Å². The number of fused-ring (bicyclic) bond motifs is 3. The van der Waals surface area contributed by atoms with E-state index in [-0.39, 0.29) is 30.9 Å². The molecule has 1 saturated heterocycles. The zero-order valence-corrected chi connectivity index (χ0v) is 20.8. The Morgan fingerprint density at radius 1 is 1.06 bits per heavy atom. The predicted octanol–water partition coefficient (Wildman–Crippen LogP) is 4.51. The van der Waals surface area contributed by atoms with E-state index in [1.165, 1.54) is 0 Å².